The van der Waals surface area contributed by atoms with Crippen molar-refractivity contribution in [3.8, 4) is 0 Å². The Bertz CT molecular complexity index is 1060. The number of likely N-dealkylation sites (N-methyl/N-ethyl adjacent to an activating group) is 1. The number of aromatic nitrogens is 1. The van der Waals surface area contributed by atoms with Crippen LogP contribution in [0.5, 0.6) is 0 Å². The standard InChI is InChI=1S/C23H25F3N2O/c1-14-4-5-20-17(10-14)16-6-8-27(3)9-7-21(16)28(20)13-23(2,29)22-18(25)11-15(24)12-19(22)26/h4-5,10-12,29H,6-9,13H2,1-3H3. The van der Waals surface area contributed by atoms with Gasteiger partial charge in [0.05, 0.1) is 12.1 Å². The highest BCUT2D eigenvalue weighted by molar-refractivity contribution is 5.86. The second kappa shape index (κ2) is 7.18. The molecule has 1 unspecified atom stereocenters. The van der Waals surface area contributed by atoms with Crippen LogP contribution in [0.3, 0.4) is 0 Å². The predicted octanol–water partition coefficient (Wildman–Crippen LogP) is 4.31. The van der Waals surface area contributed by atoms with Crippen LogP contribution in [-0.2, 0) is 25.0 Å². The van der Waals surface area contributed by atoms with Gasteiger partial charge in [0.15, 0.2) is 0 Å². The molecule has 0 amide bonds. The van der Waals surface area contributed by atoms with Crippen molar-refractivity contribution in [2.24, 2.45) is 0 Å². The van der Waals surface area contributed by atoms with E-state index in [-0.39, 0.29) is 6.54 Å². The Kier molecular flexibility index (Phi) is 4.95. The number of hydrogen-bond donors (Lipinski definition) is 1. The van der Waals surface area contributed by atoms with Gasteiger partial charge in [-0.25, -0.2) is 13.2 Å². The van der Waals surface area contributed by atoms with Crippen molar-refractivity contribution >= 4 is 10.9 Å². The maximum Gasteiger partial charge on any atom is 0.135 e. The van der Waals surface area contributed by atoms with Gasteiger partial charge in [0.1, 0.15) is 23.1 Å². The highest BCUT2D eigenvalue weighted by atomic mass is 19.1. The van der Waals surface area contributed by atoms with E-state index in [9.17, 15) is 18.3 Å². The lowest BCUT2D eigenvalue weighted by Gasteiger charge is -2.27. The molecule has 1 atom stereocenters. The Morgan fingerprint density at radius 2 is 1.69 bits per heavy atom. The molecule has 2 heterocycles. The highest BCUT2D eigenvalue weighted by Crippen LogP contribution is 2.35. The van der Waals surface area contributed by atoms with Crippen LogP contribution in [0.4, 0.5) is 13.2 Å². The van der Waals surface area contributed by atoms with Crippen LogP contribution in [0.15, 0.2) is 30.3 Å². The summed E-state index contributed by atoms with van der Waals surface area (Å²) in [5.41, 5.74) is 2.03. The fraction of sp³-hybridized carbons (Fsp3) is 0.391. The first-order valence-corrected chi connectivity index (χ1v) is 9.84. The zero-order valence-electron chi connectivity index (χ0n) is 16.9. The minimum absolute atomic E-state index is 0.0227. The van der Waals surface area contributed by atoms with Crippen LogP contribution in [0, 0.1) is 24.4 Å². The van der Waals surface area contributed by atoms with Gasteiger partial charge >= 0.3 is 0 Å². The fourth-order valence-corrected chi connectivity index (χ4v) is 4.49. The quantitative estimate of drug-likeness (QED) is 0.707. The molecule has 0 spiro atoms. The minimum Gasteiger partial charge on any atom is -0.383 e. The number of aryl methyl sites for hydroxylation is 1. The average Bonchev–Trinajstić information content (AvgIpc) is 2.74. The molecule has 0 saturated heterocycles. The molecule has 1 aromatic heterocycles. The number of fused-ring (bicyclic) bond motifs is 3. The van der Waals surface area contributed by atoms with Crippen LogP contribution in [0.2, 0.25) is 0 Å². The summed E-state index contributed by atoms with van der Waals surface area (Å²) >= 11 is 0. The van der Waals surface area contributed by atoms with E-state index in [2.05, 4.69) is 18.0 Å². The van der Waals surface area contributed by atoms with Crippen LogP contribution in [0.1, 0.15) is 29.3 Å². The van der Waals surface area contributed by atoms with E-state index in [0.717, 1.165) is 48.1 Å². The monoisotopic (exact) mass is 402 g/mol. The first-order valence-electron chi connectivity index (χ1n) is 9.84. The zero-order valence-corrected chi connectivity index (χ0v) is 16.9. The third-order valence-electron chi connectivity index (χ3n) is 5.93. The van der Waals surface area contributed by atoms with Crippen molar-refractivity contribution in [1.82, 2.24) is 9.47 Å². The average molecular weight is 402 g/mol. The van der Waals surface area contributed by atoms with E-state index in [4.69, 9.17) is 0 Å². The molecule has 1 aliphatic rings. The van der Waals surface area contributed by atoms with Gasteiger partial charge in [-0.1, -0.05) is 11.6 Å². The lowest BCUT2D eigenvalue weighted by atomic mass is 9.94. The van der Waals surface area contributed by atoms with Gasteiger partial charge in [-0.3, -0.25) is 0 Å². The topological polar surface area (TPSA) is 28.4 Å². The van der Waals surface area contributed by atoms with Gasteiger partial charge in [-0.2, -0.15) is 0 Å². The number of hydrogen-bond acceptors (Lipinski definition) is 2. The van der Waals surface area contributed by atoms with Crippen molar-refractivity contribution in [1.29, 1.82) is 0 Å². The van der Waals surface area contributed by atoms with Crippen molar-refractivity contribution in [2.75, 3.05) is 20.1 Å². The summed E-state index contributed by atoms with van der Waals surface area (Å²) in [5.74, 6) is -3.16. The van der Waals surface area contributed by atoms with Gasteiger partial charge in [0, 0.05) is 48.2 Å². The number of nitrogens with zero attached hydrogens (tertiary/aromatic N) is 2. The lowest BCUT2D eigenvalue weighted by molar-refractivity contribution is 0.0313. The van der Waals surface area contributed by atoms with E-state index < -0.39 is 28.6 Å². The van der Waals surface area contributed by atoms with Gasteiger partial charge in [-0.05, 0) is 45.0 Å². The van der Waals surface area contributed by atoms with E-state index in [1.807, 2.05) is 23.6 Å². The largest absolute Gasteiger partial charge is 0.383 e. The fourth-order valence-electron chi connectivity index (χ4n) is 4.49. The summed E-state index contributed by atoms with van der Waals surface area (Å²) < 4.78 is 44.1. The maximum atomic E-state index is 14.4. The normalized spacial score (nSPS) is 17.2. The molecule has 0 fully saturated rings. The summed E-state index contributed by atoms with van der Waals surface area (Å²) in [5, 5.41) is 12.2. The molecular weight excluding hydrogens is 377 g/mol. The number of aliphatic hydroxyl groups is 1. The van der Waals surface area contributed by atoms with Crippen molar-refractivity contribution in [3.05, 3.63) is 70.2 Å². The molecule has 1 N–H and O–H groups in total. The van der Waals surface area contributed by atoms with Crippen molar-refractivity contribution in [2.45, 2.75) is 38.8 Å². The Labute approximate surface area is 168 Å². The van der Waals surface area contributed by atoms with Crippen LogP contribution < -0.4 is 0 Å². The molecule has 4 rings (SSSR count). The number of benzene rings is 2. The van der Waals surface area contributed by atoms with E-state index in [0.29, 0.717) is 12.1 Å². The zero-order chi connectivity index (χ0) is 20.9. The molecule has 0 saturated carbocycles. The van der Waals surface area contributed by atoms with Crippen LogP contribution in [-0.4, -0.2) is 34.7 Å². The van der Waals surface area contributed by atoms with Gasteiger partial charge in [0.25, 0.3) is 0 Å². The molecule has 0 aliphatic carbocycles. The first kappa shape index (κ1) is 20.0. The Morgan fingerprint density at radius 3 is 2.38 bits per heavy atom. The van der Waals surface area contributed by atoms with E-state index in [1.54, 1.807) is 0 Å². The number of halogens is 3. The molecule has 1 aliphatic heterocycles. The Morgan fingerprint density at radius 1 is 1.03 bits per heavy atom. The molecule has 3 nitrogen and oxygen atoms in total. The summed E-state index contributed by atoms with van der Waals surface area (Å²) in [6.07, 6.45) is 1.66. The third kappa shape index (κ3) is 3.55. The van der Waals surface area contributed by atoms with E-state index in [1.165, 1.54) is 12.5 Å². The second-order valence-electron chi connectivity index (χ2n) is 8.35. The molecule has 2 aromatic carbocycles. The number of rotatable bonds is 3. The summed E-state index contributed by atoms with van der Waals surface area (Å²) in [6, 6.07) is 7.34. The minimum atomic E-state index is -1.84. The molecule has 0 radical (unpaired) electrons. The molecule has 3 aromatic rings. The van der Waals surface area contributed by atoms with Crippen LogP contribution >= 0.6 is 0 Å². The first-order chi connectivity index (χ1) is 13.7. The summed E-state index contributed by atoms with van der Waals surface area (Å²) in [6.45, 7) is 5.18. The van der Waals surface area contributed by atoms with Crippen molar-refractivity contribution < 1.29 is 18.3 Å². The third-order valence-corrected chi connectivity index (χ3v) is 5.93. The lowest BCUT2D eigenvalue weighted by Crippen LogP contribution is -2.31. The van der Waals surface area contributed by atoms with E-state index >= 15 is 0 Å². The van der Waals surface area contributed by atoms with Gasteiger partial charge < -0.3 is 14.6 Å². The Hall–Kier alpha value is -2.31. The second-order valence-corrected chi connectivity index (χ2v) is 8.35. The SMILES string of the molecule is Cc1ccc2c(c1)c1c(n2CC(C)(O)c2c(F)cc(F)cc2F)CCN(C)CC1. The smallest absolute Gasteiger partial charge is 0.135 e. The summed E-state index contributed by atoms with van der Waals surface area (Å²) in [4.78, 5) is 2.25. The van der Waals surface area contributed by atoms with Crippen LogP contribution in [0.25, 0.3) is 10.9 Å². The van der Waals surface area contributed by atoms with Gasteiger partial charge in [0.2, 0.25) is 0 Å². The molecular formula is C23H25F3N2O. The highest BCUT2D eigenvalue weighted by Gasteiger charge is 2.33. The molecule has 154 valence electrons. The Balaban J connectivity index is 1.86. The molecule has 29 heavy (non-hydrogen) atoms. The molecule has 0 bridgehead atoms. The predicted molar refractivity (Wildman–Crippen MR) is 107 cm³/mol. The maximum absolute atomic E-state index is 14.4. The molecule has 6 heteroatoms. The summed E-state index contributed by atoms with van der Waals surface area (Å²) in [7, 11) is 2.07. The van der Waals surface area contributed by atoms with Crippen molar-refractivity contribution in [3.63, 3.8) is 0 Å². The van der Waals surface area contributed by atoms with Gasteiger partial charge in [-0.15, -0.1) is 0 Å².